The first-order chi connectivity index (χ1) is 16.2. The van der Waals surface area contributed by atoms with Crippen LogP contribution >= 0.6 is 0 Å². The summed E-state index contributed by atoms with van der Waals surface area (Å²) in [7, 11) is 1.67. The highest BCUT2D eigenvalue weighted by atomic mass is 16.5. The summed E-state index contributed by atoms with van der Waals surface area (Å²) in [4.78, 5) is 26.5. The Hall–Kier alpha value is -3.94. The van der Waals surface area contributed by atoms with Gasteiger partial charge in [0.05, 0.1) is 12.8 Å². The molecule has 0 saturated carbocycles. The number of carbonyl (C=O) groups is 1. The monoisotopic (exact) mass is 442 g/mol. The molecule has 0 spiro atoms. The number of aromatic nitrogens is 4. The summed E-state index contributed by atoms with van der Waals surface area (Å²) in [5, 5.41) is 4.67. The van der Waals surface area contributed by atoms with Gasteiger partial charge in [-0.05, 0) is 36.8 Å². The molecule has 1 fully saturated rings. The molecular formula is C25H26N6O2. The Balaban J connectivity index is 1.36. The minimum atomic E-state index is -0.0434. The van der Waals surface area contributed by atoms with Crippen molar-refractivity contribution in [2.75, 3.05) is 38.2 Å². The molecule has 1 saturated heterocycles. The average molecular weight is 443 g/mol. The van der Waals surface area contributed by atoms with Crippen LogP contribution in [0.5, 0.6) is 5.75 Å². The van der Waals surface area contributed by atoms with E-state index in [9.17, 15) is 4.79 Å². The van der Waals surface area contributed by atoms with Crippen molar-refractivity contribution < 1.29 is 9.53 Å². The van der Waals surface area contributed by atoms with Gasteiger partial charge in [-0.25, -0.2) is 9.50 Å². The molecular weight excluding hydrogens is 416 g/mol. The van der Waals surface area contributed by atoms with E-state index in [1.165, 1.54) is 0 Å². The first-order valence-corrected chi connectivity index (χ1v) is 11.2. The molecule has 8 heteroatoms. The second kappa shape index (κ2) is 8.90. The molecule has 5 rings (SSSR count). The number of ether oxygens (including phenoxy) is 1. The Morgan fingerprint density at radius 2 is 1.85 bits per heavy atom. The van der Waals surface area contributed by atoms with Gasteiger partial charge in [-0.2, -0.15) is 5.10 Å². The number of piperazine rings is 1. The van der Waals surface area contributed by atoms with Gasteiger partial charge in [0.2, 0.25) is 0 Å². The van der Waals surface area contributed by atoms with Gasteiger partial charge in [0.25, 0.3) is 5.91 Å². The van der Waals surface area contributed by atoms with Crippen molar-refractivity contribution in [1.82, 2.24) is 24.5 Å². The summed E-state index contributed by atoms with van der Waals surface area (Å²) >= 11 is 0. The number of pyridine rings is 1. The van der Waals surface area contributed by atoms with Gasteiger partial charge in [0.1, 0.15) is 17.1 Å². The van der Waals surface area contributed by atoms with Crippen molar-refractivity contribution in [1.29, 1.82) is 0 Å². The fraction of sp³-hybridized carbons (Fsp3) is 0.280. The molecule has 0 unspecified atom stereocenters. The maximum absolute atomic E-state index is 13.3. The Kier molecular flexibility index (Phi) is 5.64. The molecule has 168 valence electrons. The van der Waals surface area contributed by atoms with Crippen molar-refractivity contribution in [2.24, 2.45) is 0 Å². The summed E-state index contributed by atoms with van der Waals surface area (Å²) in [5.74, 6) is 0.791. The predicted molar refractivity (Wildman–Crippen MR) is 127 cm³/mol. The molecule has 1 amide bonds. The Bertz CT molecular complexity index is 1280. The van der Waals surface area contributed by atoms with Gasteiger partial charge in [0, 0.05) is 55.9 Å². The molecule has 3 aromatic heterocycles. The van der Waals surface area contributed by atoms with Gasteiger partial charge < -0.3 is 14.5 Å². The third-order valence-electron chi connectivity index (χ3n) is 5.99. The molecule has 4 aromatic rings. The number of anilines is 1. The zero-order valence-electron chi connectivity index (χ0n) is 18.8. The number of carbonyl (C=O) groups excluding carboxylic acids is 1. The fourth-order valence-electron chi connectivity index (χ4n) is 4.17. The summed E-state index contributed by atoms with van der Waals surface area (Å²) < 4.78 is 7.15. The zero-order valence-corrected chi connectivity index (χ0v) is 18.8. The molecule has 1 aliphatic heterocycles. The lowest BCUT2D eigenvalue weighted by Gasteiger charge is -2.36. The number of rotatable bonds is 5. The van der Waals surface area contributed by atoms with Crippen molar-refractivity contribution in [3.05, 3.63) is 72.2 Å². The second-order valence-electron chi connectivity index (χ2n) is 7.98. The lowest BCUT2D eigenvalue weighted by atomic mass is 10.2. The van der Waals surface area contributed by atoms with Crippen LogP contribution in [0, 0.1) is 0 Å². The largest absolute Gasteiger partial charge is 0.497 e. The van der Waals surface area contributed by atoms with E-state index < -0.39 is 0 Å². The number of hydrogen-bond donors (Lipinski definition) is 0. The van der Waals surface area contributed by atoms with Gasteiger partial charge >= 0.3 is 0 Å². The maximum Gasteiger partial charge on any atom is 0.272 e. The molecule has 0 radical (unpaired) electrons. The van der Waals surface area contributed by atoms with Crippen LogP contribution in [0.15, 0.2) is 60.8 Å². The summed E-state index contributed by atoms with van der Waals surface area (Å²) in [6, 6.07) is 17.5. The lowest BCUT2D eigenvalue weighted by molar-refractivity contribution is 0.0741. The van der Waals surface area contributed by atoms with E-state index >= 15 is 0 Å². The first-order valence-electron chi connectivity index (χ1n) is 11.2. The van der Waals surface area contributed by atoms with E-state index in [2.05, 4.69) is 33.0 Å². The Labute approximate surface area is 192 Å². The smallest absolute Gasteiger partial charge is 0.272 e. The second-order valence-corrected chi connectivity index (χ2v) is 7.98. The van der Waals surface area contributed by atoms with Crippen LogP contribution in [0.4, 0.5) is 5.69 Å². The minimum absolute atomic E-state index is 0.0434. The van der Waals surface area contributed by atoms with Crippen LogP contribution < -0.4 is 9.64 Å². The number of benzene rings is 1. The van der Waals surface area contributed by atoms with Crippen molar-refractivity contribution in [2.45, 2.75) is 13.3 Å². The number of amides is 1. The number of fused-ring (bicyclic) bond motifs is 1. The molecule has 0 aliphatic carbocycles. The SMILES string of the molecule is CCc1cc(C(=O)N2CCN(c3cccc(OC)c3)CC2)nc2cc(-c3ccccn3)nn12. The topological polar surface area (TPSA) is 75.9 Å². The number of hydrogen-bond acceptors (Lipinski definition) is 6. The number of methoxy groups -OCH3 is 1. The summed E-state index contributed by atoms with van der Waals surface area (Å²) in [5.41, 5.74) is 4.70. The molecule has 1 aromatic carbocycles. The van der Waals surface area contributed by atoms with Crippen LogP contribution in [0.3, 0.4) is 0 Å². The van der Waals surface area contributed by atoms with E-state index in [1.54, 1.807) is 13.3 Å². The van der Waals surface area contributed by atoms with Gasteiger partial charge in [-0.3, -0.25) is 9.78 Å². The van der Waals surface area contributed by atoms with E-state index in [4.69, 9.17) is 4.74 Å². The Morgan fingerprint density at radius 1 is 1.00 bits per heavy atom. The summed E-state index contributed by atoms with van der Waals surface area (Å²) in [6.07, 6.45) is 2.49. The number of aryl methyl sites for hydroxylation is 1. The standard InChI is InChI=1S/C25H26N6O2/c1-3-18-16-23(27-24-17-22(28-31(18)24)21-9-4-5-10-26-21)25(32)30-13-11-29(12-14-30)19-7-6-8-20(15-19)33-2/h4-10,15-17H,3,11-14H2,1-2H3. The van der Waals surface area contributed by atoms with E-state index in [0.717, 1.165) is 48.0 Å². The van der Waals surface area contributed by atoms with Crippen LogP contribution in [0.1, 0.15) is 23.1 Å². The highest BCUT2D eigenvalue weighted by molar-refractivity contribution is 5.93. The van der Waals surface area contributed by atoms with Crippen LogP contribution in [-0.2, 0) is 6.42 Å². The maximum atomic E-state index is 13.3. The first kappa shape index (κ1) is 20.9. The van der Waals surface area contributed by atoms with Crippen molar-refractivity contribution >= 4 is 17.2 Å². The zero-order chi connectivity index (χ0) is 22.8. The van der Waals surface area contributed by atoms with E-state index in [1.807, 2.05) is 57.9 Å². The normalized spacial score (nSPS) is 14.0. The molecule has 0 bridgehead atoms. The number of nitrogens with zero attached hydrogens (tertiary/aromatic N) is 6. The van der Waals surface area contributed by atoms with E-state index in [0.29, 0.717) is 24.4 Å². The molecule has 1 aliphatic rings. The molecule has 4 heterocycles. The highest BCUT2D eigenvalue weighted by Crippen LogP contribution is 2.23. The predicted octanol–water partition coefficient (Wildman–Crippen LogP) is 3.32. The third kappa shape index (κ3) is 4.11. The summed E-state index contributed by atoms with van der Waals surface area (Å²) in [6.45, 7) is 4.86. The van der Waals surface area contributed by atoms with Gasteiger partial charge in [-0.15, -0.1) is 0 Å². The van der Waals surface area contributed by atoms with Crippen LogP contribution in [0.25, 0.3) is 17.0 Å². The van der Waals surface area contributed by atoms with Crippen molar-refractivity contribution in [3.8, 4) is 17.1 Å². The highest BCUT2D eigenvalue weighted by Gasteiger charge is 2.24. The lowest BCUT2D eigenvalue weighted by Crippen LogP contribution is -2.49. The quantitative estimate of drug-likeness (QED) is 0.472. The molecule has 0 atom stereocenters. The third-order valence-corrected chi connectivity index (χ3v) is 5.99. The van der Waals surface area contributed by atoms with Crippen LogP contribution in [0.2, 0.25) is 0 Å². The minimum Gasteiger partial charge on any atom is -0.497 e. The Morgan fingerprint density at radius 3 is 2.58 bits per heavy atom. The van der Waals surface area contributed by atoms with Gasteiger partial charge in [0.15, 0.2) is 5.65 Å². The molecule has 0 N–H and O–H groups in total. The molecule has 33 heavy (non-hydrogen) atoms. The van der Waals surface area contributed by atoms with E-state index in [-0.39, 0.29) is 5.91 Å². The average Bonchev–Trinajstić information content (AvgIpc) is 3.33. The fourth-order valence-corrected chi connectivity index (χ4v) is 4.17. The molecule has 8 nitrogen and oxygen atoms in total. The van der Waals surface area contributed by atoms with Crippen LogP contribution in [-0.4, -0.2) is 63.7 Å². The van der Waals surface area contributed by atoms with Crippen molar-refractivity contribution in [3.63, 3.8) is 0 Å². The van der Waals surface area contributed by atoms with Gasteiger partial charge in [-0.1, -0.05) is 19.1 Å².